The molecule has 2 fully saturated rings. The van der Waals surface area contributed by atoms with Gasteiger partial charge in [-0.1, -0.05) is 12.1 Å². The van der Waals surface area contributed by atoms with Gasteiger partial charge in [0.05, 0.1) is 12.2 Å². The molecule has 5 atom stereocenters. The minimum Gasteiger partial charge on any atom is -0.368 e. The van der Waals surface area contributed by atoms with E-state index in [0.29, 0.717) is 18.7 Å². The van der Waals surface area contributed by atoms with Gasteiger partial charge < -0.3 is 11.5 Å². The normalized spacial score (nSPS) is 31.0. The number of benzene rings is 1. The lowest BCUT2D eigenvalue weighted by Gasteiger charge is -2.21. The van der Waals surface area contributed by atoms with E-state index in [4.69, 9.17) is 16.7 Å². The third-order valence-electron chi connectivity index (χ3n) is 3.90. The maximum Gasteiger partial charge on any atom is 0.248 e. The average molecular weight is 285 g/mol. The van der Waals surface area contributed by atoms with Crippen LogP contribution < -0.4 is 11.5 Å². The van der Waals surface area contributed by atoms with Gasteiger partial charge in [-0.25, -0.2) is 0 Å². The summed E-state index contributed by atoms with van der Waals surface area (Å²) < 4.78 is 0. The molecule has 2 heterocycles. The van der Waals surface area contributed by atoms with Crippen molar-refractivity contribution in [2.24, 2.45) is 11.5 Å². The number of nitrogens with zero attached hydrogens (tertiary/aromatic N) is 3. The minimum absolute atomic E-state index is 0.139. The van der Waals surface area contributed by atoms with Crippen LogP contribution in [0.4, 0.5) is 0 Å². The van der Waals surface area contributed by atoms with Crippen molar-refractivity contribution in [2.75, 3.05) is 13.1 Å². The molecule has 0 radical (unpaired) electrons. The van der Waals surface area contributed by atoms with Crippen LogP contribution in [0, 0.1) is 11.3 Å². The maximum atomic E-state index is 11.3. The second-order valence-electron chi connectivity index (χ2n) is 5.32. The monoisotopic (exact) mass is 285 g/mol. The molecular formula is C14H15N5O2. The fraction of sp³-hybridized carbons (Fsp3) is 0.357. The molecule has 1 aromatic carbocycles. The Balaban J connectivity index is 1.84. The van der Waals surface area contributed by atoms with Gasteiger partial charge in [-0.3, -0.25) is 19.4 Å². The van der Waals surface area contributed by atoms with E-state index in [1.165, 1.54) is 0 Å². The number of hydrogen-bond donors (Lipinski definition) is 2. The molecule has 2 amide bonds. The zero-order valence-corrected chi connectivity index (χ0v) is 11.3. The highest BCUT2D eigenvalue weighted by atomic mass is 16.2. The van der Waals surface area contributed by atoms with E-state index in [0.717, 1.165) is 5.56 Å². The first-order valence-electron chi connectivity index (χ1n) is 6.63. The van der Waals surface area contributed by atoms with Crippen molar-refractivity contribution in [1.82, 2.24) is 9.80 Å². The number of hydrogen-bond acceptors (Lipinski definition) is 5. The van der Waals surface area contributed by atoms with Gasteiger partial charge in [0.15, 0.2) is 0 Å². The van der Waals surface area contributed by atoms with Crippen LogP contribution in [0.5, 0.6) is 0 Å². The van der Waals surface area contributed by atoms with Crippen LogP contribution in [0.1, 0.15) is 22.1 Å². The number of nitriles is 1. The van der Waals surface area contributed by atoms with Crippen molar-refractivity contribution in [1.29, 1.82) is 5.26 Å². The third kappa shape index (κ3) is 2.46. The standard InChI is InChI=1S/C14H15N5O2/c15-5-10-6-18(10)14(19-7-11(19)13(17)21)9-3-1-8(2-4-9)12(16)20/h1-4,10-11,14H,6-7H2,(H2,16,20)(H2,17,21). The Bertz CT molecular complexity index is 636. The predicted molar refractivity (Wildman–Crippen MR) is 73.5 cm³/mol. The van der Waals surface area contributed by atoms with Gasteiger partial charge >= 0.3 is 0 Å². The maximum absolute atomic E-state index is 11.3. The third-order valence-corrected chi connectivity index (χ3v) is 3.90. The van der Waals surface area contributed by atoms with Crippen LogP contribution in [0.2, 0.25) is 0 Å². The predicted octanol–water partition coefficient (Wildman–Crippen LogP) is -0.839. The molecule has 0 saturated carbocycles. The molecule has 3 rings (SSSR count). The van der Waals surface area contributed by atoms with Crippen LogP contribution in [-0.4, -0.2) is 46.8 Å². The average Bonchev–Trinajstić information content (AvgIpc) is 3.34. The van der Waals surface area contributed by atoms with E-state index in [9.17, 15) is 9.59 Å². The van der Waals surface area contributed by atoms with Crippen LogP contribution in [0.15, 0.2) is 24.3 Å². The SMILES string of the molecule is N#CC1CN1C(c1ccc(C(N)=O)cc1)N1CC1C(N)=O. The molecular weight excluding hydrogens is 270 g/mol. The first kappa shape index (κ1) is 13.5. The number of carbonyl (C=O) groups excluding carboxylic acids is 2. The summed E-state index contributed by atoms with van der Waals surface area (Å²) in [5.41, 5.74) is 11.9. The van der Waals surface area contributed by atoms with Gasteiger partial charge in [0.25, 0.3) is 0 Å². The molecule has 4 N–H and O–H groups in total. The summed E-state index contributed by atoms with van der Waals surface area (Å²) >= 11 is 0. The molecule has 0 aromatic heterocycles. The minimum atomic E-state index is -0.485. The molecule has 7 heteroatoms. The zero-order chi connectivity index (χ0) is 15.1. The summed E-state index contributed by atoms with van der Waals surface area (Å²) in [5.74, 6) is -0.842. The quantitative estimate of drug-likeness (QED) is 0.684. The van der Waals surface area contributed by atoms with Crippen LogP contribution in [-0.2, 0) is 4.79 Å². The van der Waals surface area contributed by atoms with Crippen molar-refractivity contribution >= 4 is 11.8 Å². The second kappa shape index (κ2) is 4.84. The molecule has 1 aromatic rings. The Labute approximate surface area is 121 Å². The lowest BCUT2D eigenvalue weighted by molar-refractivity contribution is -0.118. The highest BCUT2D eigenvalue weighted by molar-refractivity contribution is 5.92. The van der Waals surface area contributed by atoms with Crippen molar-refractivity contribution in [3.05, 3.63) is 35.4 Å². The van der Waals surface area contributed by atoms with E-state index >= 15 is 0 Å². The highest BCUT2D eigenvalue weighted by Gasteiger charge is 2.52. The molecule has 2 aliphatic heterocycles. The Hall–Kier alpha value is -2.43. The number of rotatable bonds is 5. The lowest BCUT2D eigenvalue weighted by Crippen LogP contribution is -2.27. The molecule has 5 unspecified atom stereocenters. The first-order chi connectivity index (χ1) is 10.0. The van der Waals surface area contributed by atoms with Gasteiger partial charge in [-0.05, 0) is 17.7 Å². The molecule has 0 bridgehead atoms. The topological polar surface area (TPSA) is 116 Å². The molecule has 7 nitrogen and oxygen atoms in total. The van der Waals surface area contributed by atoms with Gasteiger partial charge in [0.2, 0.25) is 11.8 Å². The van der Waals surface area contributed by atoms with Crippen LogP contribution in [0.3, 0.4) is 0 Å². The van der Waals surface area contributed by atoms with Crippen molar-refractivity contribution in [2.45, 2.75) is 18.2 Å². The van der Waals surface area contributed by atoms with E-state index in [1.54, 1.807) is 24.3 Å². The zero-order valence-electron chi connectivity index (χ0n) is 11.3. The highest BCUT2D eigenvalue weighted by Crippen LogP contribution is 2.40. The van der Waals surface area contributed by atoms with E-state index < -0.39 is 5.91 Å². The van der Waals surface area contributed by atoms with Crippen molar-refractivity contribution in [3.8, 4) is 6.07 Å². The van der Waals surface area contributed by atoms with Crippen molar-refractivity contribution in [3.63, 3.8) is 0 Å². The fourth-order valence-electron chi connectivity index (χ4n) is 2.61. The largest absolute Gasteiger partial charge is 0.368 e. The van der Waals surface area contributed by atoms with Crippen LogP contribution in [0.25, 0.3) is 0 Å². The summed E-state index contributed by atoms with van der Waals surface area (Å²) in [6, 6.07) is 8.68. The van der Waals surface area contributed by atoms with E-state index in [2.05, 4.69) is 6.07 Å². The Morgan fingerprint density at radius 3 is 2.29 bits per heavy atom. The summed E-state index contributed by atoms with van der Waals surface area (Å²) in [5, 5.41) is 9.00. The van der Waals surface area contributed by atoms with Gasteiger partial charge in [-0.2, -0.15) is 5.26 Å². The smallest absolute Gasteiger partial charge is 0.248 e. The number of amides is 2. The molecule has 108 valence electrons. The molecule has 2 saturated heterocycles. The fourth-order valence-corrected chi connectivity index (χ4v) is 2.61. The summed E-state index contributed by atoms with van der Waals surface area (Å²) in [6.07, 6.45) is -0.158. The summed E-state index contributed by atoms with van der Waals surface area (Å²) in [6.45, 7) is 1.26. The summed E-state index contributed by atoms with van der Waals surface area (Å²) in [4.78, 5) is 26.3. The van der Waals surface area contributed by atoms with E-state index in [1.807, 2.05) is 9.80 Å². The second-order valence-corrected chi connectivity index (χ2v) is 5.32. The summed E-state index contributed by atoms with van der Waals surface area (Å²) in [7, 11) is 0. The molecule has 21 heavy (non-hydrogen) atoms. The van der Waals surface area contributed by atoms with Crippen molar-refractivity contribution < 1.29 is 9.59 Å². The molecule has 2 aliphatic rings. The Morgan fingerprint density at radius 2 is 1.86 bits per heavy atom. The van der Waals surface area contributed by atoms with Gasteiger partial charge in [0, 0.05) is 18.7 Å². The molecule has 0 aliphatic carbocycles. The number of carbonyl (C=O) groups is 2. The van der Waals surface area contributed by atoms with Gasteiger partial charge in [-0.15, -0.1) is 0 Å². The Kier molecular flexibility index (Phi) is 3.12. The number of primary amides is 2. The van der Waals surface area contributed by atoms with Crippen LogP contribution >= 0.6 is 0 Å². The van der Waals surface area contributed by atoms with Gasteiger partial charge in [0.1, 0.15) is 12.1 Å². The Morgan fingerprint density at radius 1 is 1.19 bits per heavy atom. The van der Waals surface area contributed by atoms with E-state index in [-0.39, 0.29) is 24.2 Å². The molecule has 0 spiro atoms. The first-order valence-corrected chi connectivity index (χ1v) is 6.63. The number of nitrogens with two attached hydrogens (primary N) is 2. The lowest BCUT2D eigenvalue weighted by atomic mass is 10.1.